The summed E-state index contributed by atoms with van der Waals surface area (Å²) in [6.45, 7) is 2.21. The van der Waals surface area contributed by atoms with Gasteiger partial charge in [-0.15, -0.1) is 0 Å². The van der Waals surface area contributed by atoms with Gasteiger partial charge in [-0.1, -0.05) is 43.0 Å². The lowest BCUT2D eigenvalue weighted by Gasteiger charge is -2.22. The molecule has 0 unspecified atom stereocenters. The van der Waals surface area contributed by atoms with Crippen LogP contribution in [-0.4, -0.2) is 0 Å². The summed E-state index contributed by atoms with van der Waals surface area (Å²) in [4.78, 5) is 2.69. The molecular weight excluding hydrogens is 214 g/mol. The Kier molecular flexibility index (Phi) is 2.37. The lowest BCUT2D eigenvalue weighted by Crippen LogP contribution is -2.01. The maximum atomic E-state index is 3.49. The standard InChI is InChI=1S/C14H13NS/c1-2-10-6-5-8-12-14(10)16-13-9-4-3-7-11(13)15-12/h3-9,15H,2H2,1H3. The fraction of sp³-hybridized carbons (Fsp3) is 0.143. The quantitative estimate of drug-likeness (QED) is 0.659. The fourth-order valence-corrected chi connectivity index (χ4v) is 3.16. The monoisotopic (exact) mass is 227 g/mol. The van der Waals surface area contributed by atoms with Crippen molar-refractivity contribution in [3.05, 3.63) is 48.0 Å². The van der Waals surface area contributed by atoms with Crippen LogP contribution in [0.2, 0.25) is 0 Å². The highest BCUT2D eigenvalue weighted by Gasteiger charge is 2.16. The summed E-state index contributed by atoms with van der Waals surface area (Å²) in [6, 6.07) is 14.9. The maximum Gasteiger partial charge on any atom is 0.0529 e. The van der Waals surface area contributed by atoms with Crippen LogP contribution in [0.3, 0.4) is 0 Å². The highest BCUT2D eigenvalue weighted by Crippen LogP contribution is 2.45. The molecule has 1 heterocycles. The second kappa shape index (κ2) is 3.87. The van der Waals surface area contributed by atoms with Gasteiger partial charge in [0.25, 0.3) is 0 Å². The Hall–Kier alpha value is -1.41. The van der Waals surface area contributed by atoms with E-state index in [1.807, 2.05) is 11.8 Å². The van der Waals surface area contributed by atoms with Crippen LogP contribution in [0.15, 0.2) is 52.3 Å². The van der Waals surface area contributed by atoms with Gasteiger partial charge in [0.1, 0.15) is 0 Å². The van der Waals surface area contributed by atoms with Gasteiger partial charge >= 0.3 is 0 Å². The molecule has 0 amide bonds. The molecule has 0 aliphatic carbocycles. The molecule has 0 bridgehead atoms. The van der Waals surface area contributed by atoms with Gasteiger partial charge in [-0.3, -0.25) is 0 Å². The van der Waals surface area contributed by atoms with E-state index in [0.29, 0.717) is 0 Å². The average Bonchev–Trinajstić information content (AvgIpc) is 2.35. The third kappa shape index (κ3) is 1.50. The predicted octanol–water partition coefficient (Wildman–Crippen LogP) is 4.46. The van der Waals surface area contributed by atoms with Crippen LogP contribution in [0, 0.1) is 0 Å². The number of aryl methyl sites for hydroxylation is 1. The third-order valence-corrected chi connectivity index (χ3v) is 4.11. The first-order valence-electron chi connectivity index (χ1n) is 5.54. The number of anilines is 2. The average molecular weight is 227 g/mol. The van der Waals surface area contributed by atoms with E-state index in [1.54, 1.807) is 0 Å². The SMILES string of the molecule is CCc1cccc2c1Sc1ccccc1N2. The van der Waals surface area contributed by atoms with Crippen molar-refractivity contribution in [1.29, 1.82) is 0 Å². The Bertz CT molecular complexity index is 534. The van der Waals surface area contributed by atoms with Gasteiger partial charge in [-0.05, 0) is 30.2 Å². The van der Waals surface area contributed by atoms with Crippen LogP contribution < -0.4 is 5.32 Å². The summed E-state index contributed by atoms with van der Waals surface area (Å²) in [7, 11) is 0. The van der Waals surface area contributed by atoms with Gasteiger partial charge < -0.3 is 5.32 Å². The molecule has 80 valence electrons. The molecule has 0 saturated heterocycles. The van der Waals surface area contributed by atoms with Gasteiger partial charge in [0, 0.05) is 9.79 Å². The fourth-order valence-electron chi connectivity index (χ4n) is 2.00. The predicted molar refractivity (Wildman–Crippen MR) is 69.7 cm³/mol. The van der Waals surface area contributed by atoms with E-state index >= 15 is 0 Å². The van der Waals surface area contributed by atoms with E-state index in [9.17, 15) is 0 Å². The lowest BCUT2D eigenvalue weighted by atomic mass is 10.1. The molecule has 0 spiro atoms. The molecule has 0 atom stereocenters. The summed E-state index contributed by atoms with van der Waals surface area (Å²) >= 11 is 1.87. The molecule has 2 heteroatoms. The molecule has 0 radical (unpaired) electrons. The topological polar surface area (TPSA) is 12.0 Å². The second-order valence-corrected chi connectivity index (χ2v) is 4.92. The molecule has 0 aromatic heterocycles. The zero-order valence-corrected chi connectivity index (χ0v) is 9.97. The molecular formula is C14H13NS. The van der Waals surface area contributed by atoms with Crippen molar-refractivity contribution in [3.8, 4) is 0 Å². The van der Waals surface area contributed by atoms with E-state index in [-0.39, 0.29) is 0 Å². The smallest absolute Gasteiger partial charge is 0.0529 e. The molecule has 1 aliphatic heterocycles. The normalized spacial score (nSPS) is 12.6. The third-order valence-electron chi connectivity index (χ3n) is 2.85. The number of benzene rings is 2. The van der Waals surface area contributed by atoms with Gasteiger partial charge in [0.15, 0.2) is 0 Å². The summed E-state index contributed by atoms with van der Waals surface area (Å²) in [6.07, 6.45) is 1.08. The molecule has 3 rings (SSSR count). The van der Waals surface area contributed by atoms with E-state index < -0.39 is 0 Å². The number of nitrogens with one attached hydrogen (secondary N) is 1. The Morgan fingerprint density at radius 1 is 1.00 bits per heavy atom. The number of rotatable bonds is 1. The second-order valence-electron chi connectivity index (χ2n) is 3.87. The Balaban J connectivity index is 2.12. The number of para-hydroxylation sites is 1. The molecule has 2 aromatic carbocycles. The van der Waals surface area contributed by atoms with Crippen molar-refractivity contribution in [2.24, 2.45) is 0 Å². The van der Waals surface area contributed by atoms with Crippen molar-refractivity contribution in [3.63, 3.8) is 0 Å². The van der Waals surface area contributed by atoms with Crippen molar-refractivity contribution in [1.82, 2.24) is 0 Å². The first-order valence-corrected chi connectivity index (χ1v) is 6.36. The highest BCUT2D eigenvalue weighted by molar-refractivity contribution is 7.99. The van der Waals surface area contributed by atoms with Crippen molar-refractivity contribution < 1.29 is 0 Å². The lowest BCUT2D eigenvalue weighted by molar-refractivity contribution is 1.08. The van der Waals surface area contributed by atoms with E-state index in [2.05, 4.69) is 54.7 Å². The van der Waals surface area contributed by atoms with Crippen LogP contribution in [0.1, 0.15) is 12.5 Å². The molecule has 0 fully saturated rings. The van der Waals surface area contributed by atoms with Crippen molar-refractivity contribution in [2.45, 2.75) is 23.1 Å². The van der Waals surface area contributed by atoms with Crippen LogP contribution in [0.5, 0.6) is 0 Å². The van der Waals surface area contributed by atoms with Crippen LogP contribution >= 0.6 is 11.8 Å². The number of hydrogen-bond donors (Lipinski definition) is 1. The van der Waals surface area contributed by atoms with Crippen LogP contribution in [-0.2, 0) is 6.42 Å². The maximum absolute atomic E-state index is 3.49. The van der Waals surface area contributed by atoms with Crippen molar-refractivity contribution in [2.75, 3.05) is 5.32 Å². The molecule has 1 aliphatic rings. The van der Waals surface area contributed by atoms with Crippen LogP contribution in [0.4, 0.5) is 11.4 Å². The Morgan fingerprint density at radius 3 is 2.69 bits per heavy atom. The molecule has 1 nitrogen and oxygen atoms in total. The molecule has 0 saturated carbocycles. The van der Waals surface area contributed by atoms with E-state index in [4.69, 9.17) is 0 Å². The highest BCUT2D eigenvalue weighted by atomic mass is 32.2. The van der Waals surface area contributed by atoms with Gasteiger partial charge in [0.2, 0.25) is 0 Å². The van der Waals surface area contributed by atoms with E-state index in [0.717, 1.165) is 6.42 Å². The Morgan fingerprint density at radius 2 is 1.81 bits per heavy atom. The van der Waals surface area contributed by atoms with E-state index in [1.165, 1.54) is 26.7 Å². The largest absolute Gasteiger partial charge is 0.354 e. The Labute approximate surface area is 99.9 Å². The molecule has 16 heavy (non-hydrogen) atoms. The molecule has 2 aromatic rings. The number of hydrogen-bond acceptors (Lipinski definition) is 2. The molecule has 1 N–H and O–H groups in total. The first-order chi connectivity index (χ1) is 7.88. The van der Waals surface area contributed by atoms with Crippen LogP contribution in [0.25, 0.3) is 0 Å². The summed E-state index contributed by atoms with van der Waals surface area (Å²) < 4.78 is 0. The summed E-state index contributed by atoms with van der Waals surface area (Å²) in [5.74, 6) is 0. The minimum Gasteiger partial charge on any atom is -0.354 e. The minimum absolute atomic E-state index is 1.08. The summed E-state index contributed by atoms with van der Waals surface area (Å²) in [5, 5.41) is 3.49. The minimum atomic E-state index is 1.08. The summed E-state index contributed by atoms with van der Waals surface area (Å²) in [5.41, 5.74) is 3.88. The zero-order chi connectivity index (χ0) is 11.0. The zero-order valence-electron chi connectivity index (χ0n) is 9.16. The van der Waals surface area contributed by atoms with Gasteiger partial charge in [-0.2, -0.15) is 0 Å². The number of fused-ring (bicyclic) bond motifs is 2. The van der Waals surface area contributed by atoms with Gasteiger partial charge in [-0.25, -0.2) is 0 Å². The van der Waals surface area contributed by atoms with Crippen molar-refractivity contribution >= 4 is 23.1 Å². The first kappa shape index (κ1) is 9.79. The van der Waals surface area contributed by atoms with Gasteiger partial charge in [0.05, 0.1) is 11.4 Å².